The van der Waals surface area contributed by atoms with Gasteiger partial charge in [-0.05, 0) is 0 Å². The van der Waals surface area contributed by atoms with E-state index in [4.69, 9.17) is 9.73 Å². The Morgan fingerprint density at radius 2 is 1.26 bits per heavy atom. The number of allylic oxidation sites excluding steroid dienone is 1. The maximum atomic E-state index is 5.91. The summed E-state index contributed by atoms with van der Waals surface area (Å²) in [5.41, 5.74) is 2.47. The van der Waals surface area contributed by atoms with Crippen LogP contribution in [-0.2, 0) is 4.74 Å². The molecule has 3 heteroatoms. The number of hydrogen-bond acceptors (Lipinski definition) is 2. The third-order valence-electron chi connectivity index (χ3n) is 7.01. The van der Waals surface area contributed by atoms with E-state index >= 15 is 0 Å². The Labute approximate surface area is 220 Å². The number of unbranched alkanes of at least 4 members (excludes halogenated alkanes) is 4. The second-order valence-electron chi connectivity index (χ2n) is 9.96. The molecule has 2 aromatic carbocycles. The molecule has 0 aliphatic heterocycles. The van der Waals surface area contributed by atoms with Crippen LogP contribution in [0.1, 0.15) is 89.3 Å². The van der Waals surface area contributed by atoms with E-state index in [9.17, 15) is 0 Å². The van der Waals surface area contributed by atoms with Crippen LogP contribution in [-0.4, -0.2) is 31.2 Å². The van der Waals surface area contributed by atoms with E-state index in [1.807, 2.05) is 6.26 Å². The van der Waals surface area contributed by atoms with Crippen LogP contribution in [0.5, 0.6) is 0 Å². The molecule has 35 heavy (non-hydrogen) atoms. The van der Waals surface area contributed by atoms with Gasteiger partial charge < -0.3 is 0 Å². The van der Waals surface area contributed by atoms with Gasteiger partial charge in [0.25, 0.3) is 0 Å². The van der Waals surface area contributed by atoms with Crippen molar-refractivity contribution in [2.45, 2.75) is 95.9 Å². The van der Waals surface area contributed by atoms with Crippen molar-refractivity contribution < 1.29 is 4.74 Å². The Hall–Kier alpha value is -1.55. The molecule has 0 atom stereocenters. The fourth-order valence-corrected chi connectivity index (χ4v) is 19.9. The average Bonchev–Trinajstić information content (AvgIpc) is 2.91. The van der Waals surface area contributed by atoms with Gasteiger partial charge in [-0.25, -0.2) is 0 Å². The van der Waals surface area contributed by atoms with E-state index < -0.39 is 18.4 Å². The van der Waals surface area contributed by atoms with Crippen molar-refractivity contribution >= 4 is 24.6 Å². The van der Waals surface area contributed by atoms with Gasteiger partial charge in [-0.15, -0.1) is 0 Å². The predicted molar refractivity (Wildman–Crippen MR) is 157 cm³/mol. The molecule has 0 N–H and O–H groups in total. The van der Waals surface area contributed by atoms with Gasteiger partial charge >= 0.3 is 185 Å². The van der Waals surface area contributed by atoms with Gasteiger partial charge in [0.1, 0.15) is 0 Å². The van der Waals surface area contributed by atoms with Crippen molar-refractivity contribution in [3.63, 3.8) is 0 Å². The fraction of sp³-hybridized carbons (Fsp3) is 0.531. The molecule has 2 nitrogen and oxygen atoms in total. The van der Waals surface area contributed by atoms with Crippen LogP contribution >= 0.6 is 0 Å². The van der Waals surface area contributed by atoms with E-state index in [2.05, 4.69) is 93.7 Å². The van der Waals surface area contributed by atoms with Gasteiger partial charge in [0.15, 0.2) is 0 Å². The first-order valence-corrected chi connectivity index (χ1v) is 22.2. The predicted octanol–water partition coefficient (Wildman–Crippen LogP) is 10.0. The summed E-state index contributed by atoms with van der Waals surface area (Å²) < 4.78 is 12.0. The van der Waals surface area contributed by atoms with E-state index in [0.717, 1.165) is 19.4 Å². The first kappa shape index (κ1) is 29.7. The Morgan fingerprint density at radius 3 is 1.74 bits per heavy atom. The van der Waals surface area contributed by atoms with Gasteiger partial charge in [-0.3, -0.25) is 0 Å². The summed E-state index contributed by atoms with van der Waals surface area (Å²) in [5.74, 6) is 0. The second-order valence-corrected chi connectivity index (χ2v) is 24.0. The molecule has 0 aromatic heterocycles. The first-order chi connectivity index (χ1) is 17.2. The third-order valence-corrected chi connectivity index (χ3v) is 22.3. The first-order valence-electron chi connectivity index (χ1n) is 14.1. The van der Waals surface area contributed by atoms with Crippen LogP contribution in [0.4, 0.5) is 0 Å². The molecule has 2 aromatic rings. The minimum atomic E-state index is -2.06. The number of hydrogen-bond donors (Lipinski definition) is 0. The van der Waals surface area contributed by atoms with Crippen LogP contribution < -0.4 is 0 Å². The van der Waals surface area contributed by atoms with Gasteiger partial charge in [-0.2, -0.15) is 0 Å². The van der Waals surface area contributed by atoms with Crippen molar-refractivity contribution in [2.75, 3.05) is 6.61 Å². The summed E-state index contributed by atoms with van der Waals surface area (Å²) in [6.07, 6.45) is 16.8. The molecule has 2 rings (SSSR count). The van der Waals surface area contributed by atoms with Crippen LogP contribution in [0.3, 0.4) is 0 Å². The SMILES string of the molecule is CCC[CH2][Sn]([CH2]/C=C\OCCCC=NC(c1ccccc1)c1ccccc1)([CH2]CCC)[CH2]CCC. The van der Waals surface area contributed by atoms with Crippen molar-refractivity contribution in [3.8, 4) is 0 Å². The summed E-state index contributed by atoms with van der Waals surface area (Å²) in [6.45, 7) is 7.81. The normalized spacial score (nSPS) is 12.2. The van der Waals surface area contributed by atoms with E-state index in [-0.39, 0.29) is 6.04 Å². The molecule has 192 valence electrons. The van der Waals surface area contributed by atoms with Gasteiger partial charge in [0, 0.05) is 0 Å². The molecule has 0 spiro atoms. The van der Waals surface area contributed by atoms with Crippen molar-refractivity contribution in [1.29, 1.82) is 0 Å². The molecule has 0 amide bonds. The zero-order valence-corrected chi connectivity index (χ0v) is 25.5. The molecule has 0 radical (unpaired) electrons. The fourth-order valence-electron chi connectivity index (χ4n) is 4.84. The van der Waals surface area contributed by atoms with Crippen LogP contribution in [0.2, 0.25) is 17.7 Å². The molecule has 0 heterocycles. The minimum absolute atomic E-state index is 0.0631. The number of benzene rings is 2. The average molecular weight is 582 g/mol. The van der Waals surface area contributed by atoms with E-state index in [1.165, 1.54) is 54.1 Å². The molecule has 0 aliphatic carbocycles. The molecular weight excluding hydrogens is 533 g/mol. The molecular formula is C32H49NOSn. The monoisotopic (exact) mass is 583 g/mol. The summed E-state index contributed by atoms with van der Waals surface area (Å²) in [7, 11) is 0. The maximum absolute atomic E-state index is 5.91. The molecule has 0 aliphatic rings. The van der Waals surface area contributed by atoms with Gasteiger partial charge in [0.05, 0.1) is 0 Å². The van der Waals surface area contributed by atoms with E-state index in [1.54, 1.807) is 13.3 Å². The molecule has 0 unspecified atom stereocenters. The van der Waals surface area contributed by atoms with Crippen molar-refractivity contribution in [1.82, 2.24) is 0 Å². The van der Waals surface area contributed by atoms with Crippen molar-refractivity contribution in [2.24, 2.45) is 4.99 Å². The Morgan fingerprint density at radius 1 is 0.743 bits per heavy atom. The molecule has 0 saturated heterocycles. The molecule has 0 saturated carbocycles. The third kappa shape index (κ3) is 11.8. The summed E-state index contributed by atoms with van der Waals surface area (Å²) in [4.78, 5) is 4.93. The number of aliphatic imine (C=N–C) groups is 1. The molecule has 0 fully saturated rings. The quantitative estimate of drug-likeness (QED) is 0.0699. The van der Waals surface area contributed by atoms with Gasteiger partial charge in [-0.1, -0.05) is 36.4 Å². The Bertz CT molecular complexity index is 757. The summed E-state index contributed by atoms with van der Waals surface area (Å²) in [6, 6.07) is 21.2. The summed E-state index contributed by atoms with van der Waals surface area (Å²) >= 11 is -2.06. The zero-order valence-electron chi connectivity index (χ0n) is 22.6. The summed E-state index contributed by atoms with van der Waals surface area (Å²) in [5, 5.41) is 0. The van der Waals surface area contributed by atoms with Crippen LogP contribution in [0.15, 0.2) is 78.0 Å². The second kappa shape index (κ2) is 18.7. The molecule has 0 bridgehead atoms. The topological polar surface area (TPSA) is 21.6 Å². The van der Waals surface area contributed by atoms with E-state index in [0.29, 0.717) is 0 Å². The Kier molecular flexibility index (Phi) is 15.8. The number of nitrogens with zero attached hydrogens (tertiary/aromatic N) is 1. The number of ether oxygens (including phenoxy) is 1. The standard InChI is InChI=1S/C20H22NO.3C4H9.Sn/c1-2-16-22-17-10-9-15-21-20(18-11-5-3-6-12-18)19-13-7-4-8-14-19;3*1-3-4-2;/h2-8,11-16,20H,1,9-10,17H2;3*1,3-4H2,2H3;/b16-2-,21-15?;;;;. The Balaban J connectivity index is 1.81. The van der Waals surface area contributed by atoms with Crippen molar-refractivity contribution in [3.05, 3.63) is 84.1 Å². The van der Waals surface area contributed by atoms with Gasteiger partial charge in [0.2, 0.25) is 0 Å². The van der Waals surface area contributed by atoms with Crippen LogP contribution in [0.25, 0.3) is 0 Å². The van der Waals surface area contributed by atoms with Crippen LogP contribution in [0, 0.1) is 0 Å². The number of rotatable bonds is 19. The zero-order chi connectivity index (χ0) is 25.0.